The summed E-state index contributed by atoms with van der Waals surface area (Å²) in [6.45, 7) is 0. The summed E-state index contributed by atoms with van der Waals surface area (Å²) >= 11 is 0. The van der Waals surface area contributed by atoms with Crippen molar-refractivity contribution in [1.82, 2.24) is 0 Å². The number of rotatable bonds is 9. The minimum absolute atomic E-state index is 0.149. The molecule has 0 aliphatic rings. The third kappa shape index (κ3) is 5.70. The lowest BCUT2D eigenvalue weighted by Crippen LogP contribution is -2.05. The van der Waals surface area contributed by atoms with Crippen LogP contribution in [0.15, 0.2) is 129 Å². The van der Waals surface area contributed by atoms with Gasteiger partial charge in [-0.25, -0.2) is 16.8 Å². The summed E-state index contributed by atoms with van der Waals surface area (Å²) in [6, 6.07) is 29.7. The Balaban J connectivity index is 1.38. The molecule has 7 heteroatoms. The van der Waals surface area contributed by atoms with E-state index in [-0.39, 0.29) is 19.6 Å². The Labute approximate surface area is 206 Å². The van der Waals surface area contributed by atoms with E-state index < -0.39 is 25.8 Å². The van der Waals surface area contributed by atoms with Gasteiger partial charge in [-0.3, -0.25) is 0 Å². The van der Waals surface area contributed by atoms with E-state index in [1.54, 1.807) is 97.1 Å². The highest BCUT2D eigenvalue weighted by Crippen LogP contribution is 2.26. The molecule has 0 aliphatic heterocycles. The first-order valence-corrected chi connectivity index (χ1v) is 14.2. The topological polar surface area (TPSA) is 88.5 Å². The van der Waals surface area contributed by atoms with Gasteiger partial charge in [0.15, 0.2) is 0 Å². The molecule has 0 saturated heterocycles. The minimum Gasteiger partial charge on any atom is -0.388 e. The van der Waals surface area contributed by atoms with E-state index in [1.165, 1.54) is 12.1 Å². The standard InChI is InChI=1S/C28H26O5S2/c29-28(23-10-8-15-27(21-23)35(32,33)25-13-5-2-6-14-25)16-7-9-22-17-19-26(20-18-22)34(30,31)24-11-3-1-4-12-24/h1-6,8,10-15,17-21,28-29H,7,9,16H2. The first-order chi connectivity index (χ1) is 16.8. The van der Waals surface area contributed by atoms with Crippen LogP contribution in [0.4, 0.5) is 0 Å². The maximum atomic E-state index is 12.9. The molecule has 1 N–H and O–H groups in total. The molecule has 4 aromatic rings. The Kier molecular flexibility index (Phi) is 7.50. The van der Waals surface area contributed by atoms with Crippen LogP contribution < -0.4 is 0 Å². The van der Waals surface area contributed by atoms with Gasteiger partial charge in [0.25, 0.3) is 0 Å². The largest absolute Gasteiger partial charge is 0.388 e. The van der Waals surface area contributed by atoms with Crippen LogP contribution in [-0.2, 0) is 26.1 Å². The number of hydrogen-bond acceptors (Lipinski definition) is 5. The van der Waals surface area contributed by atoms with Crippen LogP contribution >= 0.6 is 0 Å². The third-order valence-corrected chi connectivity index (χ3v) is 9.39. The zero-order valence-electron chi connectivity index (χ0n) is 19.0. The average Bonchev–Trinajstić information content (AvgIpc) is 2.90. The van der Waals surface area contributed by atoms with Crippen LogP contribution in [0.25, 0.3) is 0 Å². The molecule has 1 unspecified atom stereocenters. The molecule has 180 valence electrons. The smallest absolute Gasteiger partial charge is 0.206 e. The molecule has 1 atom stereocenters. The number of aliphatic hydroxyl groups excluding tert-OH is 1. The fraction of sp³-hybridized carbons (Fsp3) is 0.143. The maximum Gasteiger partial charge on any atom is 0.206 e. The van der Waals surface area contributed by atoms with Crippen molar-refractivity contribution < 1.29 is 21.9 Å². The lowest BCUT2D eigenvalue weighted by atomic mass is 10.0. The normalized spacial score (nSPS) is 12.8. The van der Waals surface area contributed by atoms with Gasteiger partial charge in [-0.15, -0.1) is 0 Å². The van der Waals surface area contributed by atoms with Crippen LogP contribution in [0.2, 0.25) is 0 Å². The Hall–Kier alpha value is -3.26. The van der Waals surface area contributed by atoms with Gasteiger partial charge in [-0.05, 0) is 78.9 Å². The number of benzene rings is 4. The zero-order valence-corrected chi connectivity index (χ0v) is 20.6. The van der Waals surface area contributed by atoms with Crippen molar-refractivity contribution in [3.8, 4) is 0 Å². The van der Waals surface area contributed by atoms with Gasteiger partial charge >= 0.3 is 0 Å². The van der Waals surface area contributed by atoms with Gasteiger partial charge < -0.3 is 5.11 Å². The second-order valence-electron chi connectivity index (χ2n) is 8.26. The molecule has 35 heavy (non-hydrogen) atoms. The molecule has 4 rings (SSSR count). The number of aliphatic hydroxyl groups is 1. The Morgan fingerprint density at radius 3 is 1.63 bits per heavy atom. The monoisotopic (exact) mass is 506 g/mol. The molecule has 0 aliphatic carbocycles. The zero-order chi connectivity index (χ0) is 24.9. The van der Waals surface area contributed by atoms with Gasteiger partial charge in [-0.1, -0.05) is 60.7 Å². The van der Waals surface area contributed by atoms with E-state index in [0.717, 1.165) is 5.56 Å². The minimum atomic E-state index is -3.66. The molecule has 0 fully saturated rings. The first kappa shape index (κ1) is 24.9. The number of sulfone groups is 2. The van der Waals surface area contributed by atoms with Crippen molar-refractivity contribution in [2.45, 2.75) is 44.9 Å². The van der Waals surface area contributed by atoms with Crippen molar-refractivity contribution in [1.29, 1.82) is 0 Å². The molecule has 0 amide bonds. The van der Waals surface area contributed by atoms with E-state index in [9.17, 15) is 21.9 Å². The summed E-state index contributed by atoms with van der Waals surface area (Å²) in [7, 11) is -7.21. The maximum absolute atomic E-state index is 12.9. The second-order valence-corrected chi connectivity index (χ2v) is 12.2. The Bertz CT molecular complexity index is 1480. The molecule has 0 heterocycles. The Morgan fingerprint density at radius 1 is 0.571 bits per heavy atom. The number of hydrogen-bond donors (Lipinski definition) is 1. The predicted octanol–water partition coefficient (Wildman–Crippen LogP) is 5.41. The van der Waals surface area contributed by atoms with Crippen molar-refractivity contribution in [2.24, 2.45) is 0 Å². The summed E-state index contributed by atoms with van der Waals surface area (Å²) < 4.78 is 51.2. The summed E-state index contributed by atoms with van der Waals surface area (Å²) in [4.78, 5) is 0.858. The van der Waals surface area contributed by atoms with Crippen LogP contribution in [-0.4, -0.2) is 21.9 Å². The van der Waals surface area contributed by atoms with E-state index in [1.807, 2.05) is 0 Å². The molecule has 5 nitrogen and oxygen atoms in total. The van der Waals surface area contributed by atoms with Crippen molar-refractivity contribution in [3.63, 3.8) is 0 Å². The van der Waals surface area contributed by atoms with Crippen molar-refractivity contribution >= 4 is 19.7 Å². The highest BCUT2D eigenvalue weighted by Gasteiger charge is 2.19. The fourth-order valence-electron chi connectivity index (χ4n) is 3.86. The summed E-state index contributed by atoms with van der Waals surface area (Å²) in [6.07, 6.45) is 0.948. The van der Waals surface area contributed by atoms with Crippen LogP contribution in [0.1, 0.15) is 30.1 Å². The van der Waals surface area contributed by atoms with Crippen LogP contribution in [0.3, 0.4) is 0 Å². The lowest BCUT2D eigenvalue weighted by Gasteiger charge is -2.13. The van der Waals surface area contributed by atoms with Gasteiger partial charge in [0.05, 0.1) is 25.7 Å². The predicted molar refractivity (Wildman–Crippen MR) is 135 cm³/mol. The average molecular weight is 507 g/mol. The fourth-order valence-corrected chi connectivity index (χ4v) is 6.48. The first-order valence-electron chi connectivity index (χ1n) is 11.3. The molecular weight excluding hydrogens is 480 g/mol. The van der Waals surface area contributed by atoms with Crippen molar-refractivity contribution in [2.75, 3.05) is 0 Å². The summed E-state index contributed by atoms with van der Waals surface area (Å²) in [5, 5.41) is 10.7. The van der Waals surface area contributed by atoms with Gasteiger partial charge in [-0.2, -0.15) is 0 Å². The van der Waals surface area contributed by atoms with Gasteiger partial charge in [0.1, 0.15) is 0 Å². The quantitative estimate of drug-likeness (QED) is 0.328. The molecule has 0 saturated carbocycles. The number of aryl methyl sites for hydroxylation is 1. The van der Waals surface area contributed by atoms with E-state index >= 15 is 0 Å². The highest BCUT2D eigenvalue weighted by atomic mass is 32.2. The van der Waals surface area contributed by atoms with Crippen molar-refractivity contribution in [3.05, 3.63) is 120 Å². The van der Waals surface area contributed by atoms with Crippen LogP contribution in [0.5, 0.6) is 0 Å². The Morgan fingerprint density at radius 2 is 1.06 bits per heavy atom. The van der Waals surface area contributed by atoms with E-state index in [2.05, 4.69) is 0 Å². The summed E-state index contributed by atoms with van der Waals surface area (Å²) in [5.74, 6) is 0. The molecular formula is C28H26O5S2. The highest BCUT2D eigenvalue weighted by molar-refractivity contribution is 7.91. The molecule has 0 spiro atoms. The van der Waals surface area contributed by atoms with Crippen LogP contribution in [0, 0.1) is 0 Å². The molecule has 0 radical (unpaired) electrons. The van der Waals surface area contributed by atoms with E-state index in [0.29, 0.717) is 24.8 Å². The third-order valence-electron chi connectivity index (χ3n) is 5.84. The molecule has 0 aromatic heterocycles. The lowest BCUT2D eigenvalue weighted by molar-refractivity contribution is 0.164. The van der Waals surface area contributed by atoms with Gasteiger partial charge in [0, 0.05) is 0 Å². The SMILES string of the molecule is O=S(=O)(c1ccccc1)c1ccc(CCCC(O)c2cccc(S(=O)(=O)c3ccccc3)c2)cc1. The van der Waals surface area contributed by atoms with E-state index in [4.69, 9.17) is 0 Å². The second kappa shape index (κ2) is 10.6. The van der Waals surface area contributed by atoms with Gasteiger partial charge in [0.2, 0.25) is 19.7 Å². The molecule has 0 bridgehead atoms. The summed E-state index contributed by atoms with van der Waals surface area (Å²) in [5.41, 5.74) is 1.51. The molecule has 4 aromatic carbocycles.